The molecule has 2 nitrogen and oxygen atoms in total. The normalized spacial score (nSPS) is 20.6. The van der Waals surface area contributed by atoms with Crippen LogP contribution in [0.15, 0.2) is 4.99 Å². The third kappa shape index (κ3) is 8.40. The minimum Gasteiger partial charge on any atom is -0.0312 e. The second kappa shape index (κ2) is 11.7. The van der Waals surface area contributed by atoms with Gasteiger partial charge in [0.15, 0.2) is 0 Å². The summed E-state index contributed by atoms with van der Waals surface area (Å²) in [4.78, 5) is 4.10. The molecule has 2 aliphatic carbocycles. The fourth-order valence-electron chi connectivity index (χ4n) is 1.08. The van der Waals surface area contributed by atoms with E-state index >= 15 is 0 Å². The average molecular weight is 335 g/mol. The van der Waals surface area contributed by atoms with E-state index in [0.29, 0.717) is 6.54 Å². The van der Waals surface area contributed by atoms with Gasteiger partial charge in [-0.05, 0) is 32.1 Å². The molecular weight excluding hydrogens is 321 g/mol. The Balaban J connectivity index is 0.000000360. The van der Waals surface area contributed by atoms with Crippen LogP contribution in [-0.4, -0.2) is 38.9 Å². The zero-order valence-corrected chi connectivity index (χ0v) is 12.1. The van der Waals surface area contributed by atoms with E-state index in [4.69, 9.17) is 5.11 Å². The number of hydrogen-bond donors (Lipinski definition) is 1. The Kier molecular flexibility index (Phi) is 12.2. The monoisotopic (exact) mass is 336 g/mol. The molecule has 17 heavy (non-hydrogen) atoms. The maximum absolute atomic E-state index is 8.49. The van der Waals surface area contributed by atoms with E-state index in [-0.39, 0.29) is 23.7 Å². The van der Waals surface area contributed by atoms with Crippen molar-refractivity contribution in [1.82, 2.24) is 0 Å². The summed E-state index contributed by atoms with van der Waals surface area (Å²) in [5.74, 6) is 1.08. The summed E-state index contributed by atoms with van der Waals surface area (Å²) in [7, 11) is 0. The summed E-state index contributed by atoms with van der Waals surface area (Å²) in [5.41, 5.74) is 0. The van der Waals surface area contributed by atoms with Crippen molar-refractivity contribution in [3.8, 4) is 0 Å². The molecule has 2 saturated carbocycles. The maximum atomic E-state index is 8.49. The van der Waals surface area contributed by atoms with Gasteiger partial charge < -0.3 is 0 Å². The molecule has 0 amide bonds. The predicted molar refractivity (Wildman–Crippen MR) is 67.1 cm³/mol. The van der Waals surface area contributed by atoms with Gasteiger partial charge in [0.2, 0.25) is 0 Å². The number of nitrogens with zero attached hydrogens (tertiary/aromatic N) is 1. The van der Waals surface area contributed by atoms with Crippen molar-refractivity contribution >= 4 is 20.6 Å². The van der Waals surface area contributed by atoms with Gasteiger partial charge in [-0.2, -0.15) is 0 Å². The maximum Gasteiger partial charge on any atom is 2.00 e. The summed E-state index contributed by atoms with van der Waals surface area (Å²) in [6.07, 6.45) is 17.9. The van der Waals surface area contributed by atoms with Crippen LogP contribution >= 0.6 is 0 Å². The number of aliphatic imine (C=N–C) groups is 1. The molecule has 0 heterocycles. The number of aliphatic hydroxyl groups excluding tert-OH is 1. The van der Waals surface area contributed by atoms with Gasteiger partial charge in [0.05, 0.1) is 0 Å². The van der Waals surface area contributed by atoms with Crippen molar-refractivity contribution in [1.29, 1.82) is 0 Å². The summed E-state index contributed by atoms with van der Waals surface area (Å²) in [5, 5.41) is 8.49. The van der Waals surface area contributed by atoms with Gasteiger partial charge >= 0.3 is 92.5 Å². The second-order valence-electron chi connectivity index (χ2n) is 3.05. The number of aliphatic hydroxyl groups is 1. The van der Waals surface area contributed by atoms with E-state index < -0.39 is 0 Å². The van der Waals surface area contributed by atoms with E-state index in [9.17, 15) is 0 Å². The third-order valence-corrected chi connectivity index (χ3v) is 2.59. The molecule has 89 valence electrons. The zero-order chi connectivity index (χ0) is 11.6. The van der Waals surface area contributed by atoms with Crippen molar-refractivity contribution < 1.29 is 22.2 Å². The van der Waals surface area contributed by atoms with Crippen LogP contribution in [0.1, 0.15) is 0 Å². The largest absolute Gasteiger partial charge is 2.00 e. The molecule has 0 aromatic rings. The smallest absolute Gasteiger partial charge is 0.0312 e. The van der Waals surface area contributed by atoms with Crippen LogP contribution in [0, 0.1) is 63.7 Å². The Morgan fingerprint density at radius 3 is 1.88 bits per heavy atom. The predicted octanol–water partition coefficient (Wildman–Crippen LogP) is 0.970. The number of hydrogen-bond acceptors (Lipinski definition) is 2. The Labute approximate surface area is 124 Å². The van der Waals surface area contributed by atoms with Gasteiger partial charge in [-0.3, -0.25) is 0 Å². The van der Waals surface area contributed by atoms with Crippen LogP contribution in [0.4, 0.5) is 0 Å². The molecule has 0 aliphatic heterocycles. The van der Waals surface area contributed by atoms with Crippen molar-refractivity contribution in [3.63, 3.8) is 0 Å². The van der Waals surface area contributed by atoms with Crippen LogP contribution in [-0.2, 0) is 17.1 Å². The van der Waals surface area contributed by atoms with Gasteiger partial charge in [0.25, 0.3) is 0 Å². The van der Waals surface area contributed by atoms with Crippen molar-refractivity contribution in [3.05, 3.63) is 63.7 Å². The van der Waals surface area contributed by atoms with Crippen molar-refractivity contribution in [2.45, 2.75) is 0 Å². The first-order valence-corrected chi connectivity index (χ1v) is 5.91. The molecule has 0 unspecified atom stereocenters. The number of rotatable bonds is 3. The molecule has 0 atom stereocenters. The summed E-state index contributed by atoms with van der Waals surface area (Å²) < 4.78 is 0.865. The summed E-state index contributed by atoms with van der Waals surface area (Å²) in [6.45, 7) is 0.569. The second-order valence-corrected chi connectivity index (χ2v) is 3.86. The van der Waals surface area contributed by atoms with Gasteiger partial charge in [-0.25, -0.2) is 0 Å². The molecule has 0 aromatic carbocycles. The SMILES string of the molecule is OCCN=C([Se])[C]1[CH][CH][CH][CH]1.[CH]1[CH][CH][CH][CH]1.[Fe+2]. The third-order valence-electron chi connectivity index (χ3n) is 1.82. The van der Waals surface area contributed by atoms with Gasteiger partial charge in [-0.15, -0.1) is 0 Å². The fraction of sp³-hybridized carbons (Fsp3) is 0.154. The minimum atomic E-state index is 0. The van der Waals surface area contributed by atoms with Gasteiger partial charge in [0.1, 0.15) is 0 Å². The molecule has 4 heteroatoms. The summed E-state index contributed by atoms with van der Waals surface area (Å²) >= 11 is 2.85. The van der Waals surface area contributed by atoms with Crippen LogP contribution in [0.5, 0.6) is 0 Å². The van der Waals surface area contributed by atoms with Crippen LogP contribution in [0.2, 0.25) is 0 Å². The van der Waals surface area contributed by atoms with Crippen molar-refractivity contribution in [2.24, 2.45) is 4.99 Å². The van der Waals surface area contributed by atoms with Crippen molar-refractivity contribution in [2.75, 3.05) is 13.2 Å². The fourth-order valence-corrected chi connectivity index (χ4v) is 1.56. The molecule has 2 fully saturated rings. The van der Waals surface area contributed by atoms with E-state index in [1.165, 1.54) is 0 Å². The molecule has 11 radical (unpaired) electrons. The Morgan fingerprint density at radius 1 is 1.00 bits per heavy atom. The Morgan fingerprint density at radius 2 is 1.47 bits per heavy atom. The van der Waals surface area contributed by atoms with E-state index in [1.807, 2.05) is 57.8 Å². The van der Waals surface area contributed by atoms with E-state index in [1.54, 1.807) is 0 Å². The first kappa shape index (κ1) is 17.7. The molecule has 0 spiro atoms. The zero-order valence-electron chi connectivity index (χ0n) is 9.27. The quantitative estimate of drug-likeness (QED) is 0.605. The molecule has 2 rings (SSSR count). The molecular formula is C13H14FeNOSe+2. The Hall–Kier alpha value is 0.669. The van der Waals surface area contributed by atoms with E-state index in [2.05, 4.69) is 21.0 Å². The summed E-state index contributed by atoms with van der Waals surface area (Å²) in [6, 6.07) is 0. The first-order chi connectivity index (χ1) is 7.84. The minimum absolute atomic E-state index is 0. The topological polar surface area (TPSA) is 32.6 Å². The van der Waals surface area contributed by atoms with Gasteiger partial charge in [-0.1, -0.05) is 0 Å². The van der Waals surface area contributed by atoms with Gasteiger partial charge in [0, 0.05) is 0 Å². The average Bonchev–Trinajstić information content (AvgIpc) is 2.98. The first-order valence-electron chi connectivity index (χ1n) is 5.05. The molecule has 0 saturated heterocycles. The molecule has 0 aromatic heterocycles. The molecule has 0 bridgehead atoms. The standard InChI is InChI=1S/C8H9NOSe.C5H5.Fe/c10-6-5-9-8(11)7-3-1-2-4-7;1-2-4-5-3-1;/h1-4,10H,5-6H2;1-5H;/q;;+2. The van der Waals surface area contributed by atoms with Crippen LogP contribution in [0.3, 0.4) is 0 Å². The molecule has 1 N–H and O–H groups in total. The molecule has 2 aliphatic rings. The van der Waals surface area contributed by atoms with Crippen LogP contribution in [0.25, 0.3) is 0 Å². The van der Waals surface area contributed by atoms with E-state index in [0.717, 1.165) is 10.5 Å². The Bertz CT molecular complexity index is 194. The van der Waals surface area contributed by atoms with Crippen LogP contribution < -0.4 is 0 Å².